The first-order chi connectivity index (χ1) is 9.85. The minimum Gasteiger partial charge on any atom is -0.330 e. The molecule has 0 saturated carbocycles. The van der Waals surface area contributed by atoms with E-state index in [-0.39, 0.29) is 12.4 Å². The smallest absolute Gasteiger partial charge is 0.0827 e. The van der Waals surface area contributed by atoms with Gasteiger partial charge in [-0.2, -0.15) is 0 Å². The highest BCUT2D eigenvalue weighted by Crippen LogP contribution is 2.16. The fourth-order valence-electron chi connectivity index (χ4n) is 2.34. The van der Waals surface area contributed by atoms with Crippen molar-refractivity contribution in [1.29, 1.82) is 0 Å². The molecule has 0 unspecified atom stereocenters. The highest BCUT2D eigenvalue weighted by Gasteiger charge is 2.02. The fraction of sp³-hybridized carbons (Fsp3) is 0.250. The van der Waals surface area contributed by atoms with Gasteiger partial charge in [0.2, 0.25) is 0 Å². The molecule has 0 aliphatic rings. The maximum atomic E-state index is 5.50. The van der Waals surface area contributed by atoms with Crippen LogP contribution < -0.4 is 5.73 Å². The maximum Gasteiger partial charge on any atom is 0.0827 e. The summed E-state index contributed by atoms with van der Waals surface area (Å²) in [6, 6.07) is 14.9. The molecule has 5 heteroatoms. The van der Waals surface area contributed by atoms with Gasteiger partial charge in [0, 0.05) is 6.20 Å². The average molecular weight is 303 g/mol. The third kappa shape index (κ3) is 3.80. The number of nitrogens with zero attached hydrogens (tertiary/aromatic N) is 3. The molecule has 0 amide bonds. The van der Waals surface area contributed by atoms with Crippen LogP contribution in [0.25, 0.3) is 10.8 Å². The van der Waals surface area contributed by atoms with Crippen molar-refractivity contribution in [3.63, 3.8) is 0 Å². The number of hydrogen-bond donors (Lipinski definition) is 1. The molecule has 1 heterocycles. The molecule has 3 rings (SSSR count). The fourth-order valence-corrected chi connectivity index (χ4v) is 2.34. The molecule has 2 aromatic carbocycles. The van der Waals surface area contributed by atoms with E-state index in [1.165, 1.54) is 16.3 Å². The van der Waals surface area contributed by atoms with Crippen LogP contribution in [0.15, 0.2) is 48.7 Å². The Kier molecular flexibility index (Phi) is 5.31. The first kappa shape index (κ1) is 15.5. The van der Waals surface area contributed by atoms with Crippen molar-refractivity contribution in [2.24, 2.45) is 5.73 Å². The van der Waals surface area contributed by atoms with Crippen LogP contribution in [0.4, 0.5) is 0 Å². The number of rotatable bonds is 5. The van der Waals surface area contributed by atoms with Gasteiger partial charge >= 0.3 is 0 Å². The zero-order valence-electron chi connectivity index (χ0n) is 11.8. The molecule has 0 spiro atoms. The van der Waals surface area contributed by atoms with Crippen LogP contribution in [-0.2, 0) is 13.0 Å². The van der Waals surface area contributed by atoms with Crippen molar-refractivity contribution in [1.82, 2.24) is 15.0 Å². The van der Waals surface area contributed by atoms with Gasteiger partial charge in [-0.15, -0.1) is 17.5 Å². The number of aryl methyl sites for hydroxylation is 1. The topological polar surface area (TPSA) is 56.7 Å². The highest BCUT2D eigenvalue weighted by atomic mass is 35.5. The largest absolute Gasteiger partial charge is 0.330 e. The standard InChI is InChI=1S/C16H18N4.ClH/c17-9-3-6-16-12-20(19-18-16)11-13-7-8-14-4-1-2-5-15(14)10-13;/h1-2,4-5,7-8,10,12H,3,6,9,11,17H2;1H. The summed E-state index contributed by atoms with van der Waals surface area (Å²) in [6.45, 7) is 1.44. The lowest BCUT2D eigenvalue weighted by Gasteiger charge is -2.03. The second kappa shape index (κ2) is 7.20. The number of aromatic nitrogens is 3. The summed E-state index contributed by atoms with van der Waals surface area (Å²) in [4.78, 5) is 0. The first-order valence-corrected chi connectivity index (χ1v) is 6.92. The van der Waals surface area contributed by atoms with E-state index in [1.54, 1.807) is 0 Å². The number of benzene rings is 2. The van der Waals surface area contributed by atoms with Gasteiger partial charge in [0.05, 0.1) is 12.2 Å². The number of fused-ring (bicyclic) bond motifs is 1. The van der Waals surface area contributed by atoms with E-state index in [4.69, 9.17) is 5.73 Å². The highest BCUT2D eigenvalue weighted by molar-refractivity contribution is 5.85. The second-order valence-corrected chi connectivity index (χ2v) is 4.98. The maximum absolute atomic E-state index is 5.50. The predicted molar refractivity (Wildman–Crippen MR) is 87.7 cm³/mol. The predicted octanol–water partition coefficient (Wildman–Crippen LogP) is 2.79. The molecule has 1 aromatic heterocycles. The van der Waals surface area contributed by atoms with Gasteiger partial charge in [0.15, 0.2) is 0 Å². The molecule has 2 N–H and O–H groups in total. The summed E-state index contributed by atoms with van der Waals surface area (Å²) in [6.07, 6.45) is 3.85. The molecular weight excluding hydrogens is 284 g/mol. The molecule has 0 saturated heterocycles. The van der Waals surface area contributed by atoms with Gasteiger partial charge in [-0.3, -0.25) is 0 Å². The molecular formula is C16H19ClN4. The van der Waals surface area contributed by atoms with Gasteiger partial charge in [0.25, 0.3) is 0 Å². The Labute approximate surface area is 130 Å². The monoisotopic (exact) mass is 302 g/mol. The van der Waals surface area contributed by atoms with Gasteiger partial charge in [-0.1, -0.05) is 41.6 Å². The van der Waals surface area contributed by atoms with E-state index in [1.807, 2.05) is 10.9 Å². The van der Waals surface area contributed by atoms with Crippen molar-refractivity contribution < 1.29 is 0 Å². The zero-order chi connectivity index (χ0) is 13.8. The van der Waals surface area contributed by atoms with Crippen LogP contribution >= 0.6 is 12.4 Å². The summed E-state index contributed by atoms with van der Waals surface area (Å²) < 4.78 is 1.88. The Hall–Kier alpha value is -1.91. The molecule has 0 aliphatic carbocycles. The van der Waals surface area contributed by atoms with E-state index in [9.17, 15) is 0 Å². The van der Waals surface area contributed by atoms with Crippen molar-refractivity contribution in [3.8, 4) is 0 Å². The number of hydrogen-bond acceptors (Lipinski definition) is 3. The average Bonchev–Trinajstić information content (AvgIpc) is 2.92. The van der Waals surface area contributed by atoms with Gasteiger partial charge in [-0.05, 0) is 41.8 Å². The second-order valence-electron chi connectivity index (χ2n) is 4.98. The Balaban J connectivity index is 0.00000161. The molecule has 0 fully saturated rings. The van der Waals surface area contributed by atoms with Crippen LogP contribution in [0, 0.1) is 0 Å². The lowest BCUT2D eigenvalue weighted by Crippen LogP contribution is -2.01. The summed E-state index contributed by atoms with van der Waals surface area (Å²) in [7, 11) is 0. The van der Waals surface area contributed by atoms with Crippen LogP contribution in [0.3, 0.4) is 0 Å². The number of halogens is 1. The van der Waals surface area contributed by atoms with E-state index in [0.29, 0.717) is 6.54 Å². The summed E-state index contributed by atoms with van der Waals surface area (Å²) in [5.74, 6) is 0. The Morgan fingerprint density at radius 2 is 1.86 bits per heavy atom. The molecule has 21 heavy (non-hydrogen) atoms. The minimum absolute atomic E-state index is 0. The Morgan fingerprint density at radius 1 is 1.05 bits per heavy atom. The summed E-state index contributed by atoms with van der Waals surface area (Å²) >= 11 is 0. The Morgan fingerprint density at radius 3 is 2.67 bits per heavy atom. The van der Waals surface area contributed by atoms with Crippen molar-refractivity contribution >= 4 is 23.2 Å². The summed E-state index contributed by atoms with van der Waals surface area (Å²) in [5, 5.41) is 10.9. The lowest BCUT2D eigenvalue weighted by atomic mass is 10.1. The van der Waals surface area contributed by atoms with Crippen LogP contribution in [0.2, 0.25) is 0 Å². The van der Waals surface area contributed by atoms with Gasteiger partial charge < -0.3 is 5.73 Å². The quantitative estimate of drug-likeness (QED) is 0.788. The number of nitrogens with two attached hydrogens (primary N) is 1. The van der Waals surface area contributed by atoms with Crippen molar-refractivity contribution in [3.05, 3.63) is 59.9 Å². The summed E-state index contributed by atoms with van der Waals surface area (Å²) in [5.41, 5.74) is 7.75. The van der Waals surface area contributed by atoms with Crippen molar-refractivity contribution in [2.75, 3.05) is 6.54 Å². The molecule has 0 atom stereocenters. The molecule has 0 radical (unpaired) electrons. The SMILES string of the molecule is Cl.NCCCc1cn(Cc2ccc3ccccc3c2)nn1. The molecule has 4 nitrogen and oxygen atoms in total. The van der Waals surface area contributed by atoms with E-state index in [2.05, 4.69) is 52.8 Å². The molecule has 0 aliphatic heterocycles. The van der Waals surface area contributed by atoms with Crippen LogP contribution in [-0.4, -0.2) is 21.5 Å². The van der Waals surface area contributed by atoms with Gasteiger partial charge in [0.1, 0.15) is 0 Å². The van der Waals surface area contributed by atoms with Crippen LogP contribution in [0.1, 0.15) is 17.7 Å². The first-order valence-electron chi connectivity index (χ1n) is 6.92. The zero-order valence-corrected chi connectivity index (χ0v) is 12.6. The minimum atomic E-state index is 0. The molecule has 110 valence electrons. The van der Waals surface area contributed by atoms with E-state index < -0.39 is 0 Å². The van der Waals surface area contributed by atoms with Gasteiger partial charge in [-0.25, -0.2) is 4.68 Å². The third-order valence-corrected chi connectivity index (χ3v) is 3.38. The normalized spacial score (nSPS) is 10.5. The molecule has 3 aromatic rings. The van der Waals surface area contributed by atoms with Crippen molar-refractivity contribution in [2.45, 2.75) is 19.4 Å². The Bertz CT molecular complexity index is 708. The van der Waals surface area contributed by atoms with E-state index >= 15 is 0 Å². The molecule has 0 bridgehead atoms. The van der Waals surface area contributed by atoms with E-state index in [0.717, 1.165) is 25.1 Å². The third-order valence-electron chi connectivity index (χ3n) is 3.38. The van der Waals surface area contributed by atoms with Crippen LogP contribution in [0.5, 0.6) is 0 Å². The lowest BCUT2D eigenvalue weighted by molar-refractivity contribution is 0.649.